The van der Waals surface area contributed by atoms with Crippen LogP contribution in [0.25, 0.3) is 6.08 Å². The van der Waals surface area contributed by atoms with Crippen LogP contribution in [0.2, 0.25) is 0 Å². The van der Waals surface area contributed by atoms with Crippen molar-refractivity contribution in [3.8, 4) is 0 Å². The van der Waals surface area contributed by atoms with Crippen molar-refractivity contribution in [2.45, 2.75) is 0 Å². The highest BCUT2D eigenvalue weighted by atomic mass is 15.4. The molecule has 0 amide bonds. The lowest BCUT2D eigenvalue weighted by Crippen LogP contribution is -2.21. The average Bonchev–Trinajstić information content (AvgIpc) is 2.54. The first-order valence-corrected chi connectivity index (χ1v) is 4.92. The van der Waals surface area contributed by atoms with Gasteiger partial charge in [-0.15, -0.1) is 5.11 Å². The second kappa shape index (κ2) is 3.27. The fourth-order valence-electron chi connectivity index (χ4n) is 1.84. The minimum absolute atomic E-state index is 0.936. The van der Waals surface area contributed by atoms with Gasteiger partial charge < -0.3 is 10.6 Å². The molecule has 2 aliphatic rings. The van der Waals surface area contributed by atoms with Crippen LogP contribution in [-0.4, -0.2) is 13.1 Å². The summed E-state index contributed by atoms with van der Waals surface area (Å²) in [5.41, 5.74) is 7.23. The van der Waals surface area contributed by atoms with E-state index in [4.69, 9.17) is 0 Å². The summed E-state index contributed by atoms with van der Waals surface area (Å²) in [4.78, 5) is 0. The highest BCUT2D eigenvalue weighted by Gasteiger charge is 2.14. The van der Waals surface area contributed by atoms with Crippen LogP contribution in [0.4, 0.5) is 17.1 Å². The Morgan fingerprint density at radius 2 is 1.93 bits per heavy atom. The Bertz CT molecular complexity index is 449. The van der Waals surface area contributed by atoms with E-state index in [2.05, 4.69) is 26.4 Å². The van der Waals surface area contributed by atoms with E-state index in [9.17, 15) is 0 Å². The van der Waals surface area contributed by atoms with E-state index in [-0.39, 0.29) is 0 Å². The molecule has 0 saturated carbocycles. The molecule has 3 N–H and O–H groups in total. The number of benzene rings is 1. The van der Waals surface area contributed by atoms with Gasteiger partial charge in [-0.3, -0.25) is 5.43 Å². The molecule has 76 valence electrons. The summed E-state index contributed by atoms with van der Waals surface area (Å²) in [5.74, 6) is 0. The van der Waals surface area contributed by atoms with E-state index in [1.165, 1.54) is 0 Å². The maximum Gasteiger partial charge on any atom is 0.0674 e. The first-order valence-electron chi connectivity index (χ1n) is 4.92. The average molecular weight is 201 g/mol. The van der Waals surface area contributed by atoms with Crippen molar-refractivity contribution >= 4 is 23.1 Å². The van der Waals surface area contributed by atoms with Crippen molar-refractivity contribution in [2.24, 2.45) is 10.3 Å². The molecule has 1 aromatic carbocycles. The summed E-state index contributed by atoms with van der Waals surface area (Å²) >= 11 is 0. The second-order valence-corrected chi connectivity index (χ2v) is 3.45. The number of rotatable bonds is 0. The van der Waals surface area contributed by atoms with Crippen LogP contribution in [0, 0.1) is 0 Å². The van der Waals surface area contributed by atoms with Gasteiger partial charge in [-0.1, -0.05) is 5.22 Å². The molecule has 0 aliphatic carbocycles. The van der Waals surface area contributed by atoms with Crippen molar-refractivity contribution in [2.75, 3.05) is 29.1 Å². The van der Waals surface area contributed by atoms with Gasteiger partial charge in [-0.25, -0.2) is 0 Å². The smallest absolute Gasteiger partial charge is 0.0674 e. The lowest BCUT2D eigenvalue weighted by atomic mass is 10.1. The summed E-state index contributed by atoms with van der Waals surface area (Å²) < 4.78 is 0. The molecular weight excluding hydrogens is 190 g/mol. The van der Waals surface area contributed by atoms with Crippen molar-refractivity contribution in [3.05, 3.63) is 23.9 Å². The van der Waals surface area contributed by atoms with Crippen LogP contribution < -0.4 is 16.1 Å². The third-order valence-corrected chi connectivity index (χ3v) is 2.52. The number of hydrogen-bond acceptors (Lipinski definition) is 5. The highest BCUT2D eigenvalue weighted by Crippen LogP contribution is 2.35. The van der Waals surface area contributed by atoms with E-state index in [0.717, 1.165) is 35.7 Å². The minimum Gasteiger partial charge on any atom is -0.382 e. The van der Waals surface area contributed by atoms with Crippen LogP contribution in [0.3, 0.4) is 0 Å². The summed E-state index contributed by atoms with van der Waals surface area (Å²) in [7, 11) is 0. The summed E-state index contributed by atoms with van der Waals surface area (Å²) in [6, 6.07) is 4.05. The summed E-state index contributed by atoms with van der Waals surface area (Å²) in [6.07, 6.45) is 3.65. The maximum absolute atomic E-state index is 3.82. The van der Waals surface area contributed by atoms with Gasteiger partial charge in [0.25, 0.3) is 0 Å². The zero-order valence-corrected chi connectivity index (χ0v) is 8.12. The number of hydrogen-bond donors (Lipinski definition) is 3. The van der Waals surface area contributed by atoms with Crippen LogP contribution in [0.15, 0.2) is 28.7 Å². The minimum atomic E-state index is 0.936. The monoisotopic (exact) mass is 201 g/mol. The SMILES string of the molecule is C1=Cc2c(ccc3c2NCCN3)NN=N1. The molecule has 3 rings (SSSR count). The highest BCUT2D eigenvalue weighted by molar-refractivity contribution is 5.88. The number of fused-ring (bicyclic) bond motifs is 3. The first kappa shape index (κ1) is 8.28. The number of nitrogens with one attached hydrogen (secondary N) is 3. The predicted octanol–water partition coefficient (Wildman–Crippen LogP) is 2.29. The normalized spacial score (nSPS) is 16.5. The summed E-state index contributed by atoms with van der Waals surface area (Å²) in [5, 5.41) is 14.3. The van der Waals surface area contributed by atoms with Crippen LogP contribution in [0.1, 0.15) is 5.56 Å². The zero-order valence-electron chi connectivity index (χ0n) is 8.12. The van der Waals surface area contributed by atoms with Gasteiger partial charge in [-0.05, 0) is 18.2 Å². The molecule has 0 saturated heterocycles. The van der Waals surface area contributed by atoms with Crippen molar-refractivity contribution < 1.29 is 0 Å². The quantitative estimate of drug-likeness (QED) is 0.603. The topological polar surface area (TPSA) is 60.8 Å². The zero-order chi connectivity index (χ0) is 10.1. The fourth-order valence-corrected chi connectivity index (χ4v) is 1.84. The molecule has 0 radical (unpaired) electrons. The van der Waals surface area contributed by atoms with Gasteiger partial charge in [0.05, 0.1) is 23.3 Å². The molecular formula is C10H11N5. The third-order valence-electron chi connectivity index (χ3n) is 2.52. The fraction of sp³-hybridized carbons (Fsp3) is 0.200. The molecule has 1 aromatic rings. The Morgan fingerprint density at radius 3 is 2.93 bits per heavy atom. The molecule has 5 nitrogen and oxygen atoms in total. The Kier molecular flexibility index (Phi) is 1.81. The summed E-state index contributed by atoms with van der Waals surface area (Å²) in [6.45, 7) is 1.89. The largest absolute Gasteiger partial charge is 0.382 e. The Balaban J connectivity index is 2.17. The van der Waals surface area contributed by atoms with Gasteiger partial charge in [0.15, 0.2) is 0 Å². The van der Waals surface area contributed by atoms with Gasteiger partial charge in [0, 0.05) is 18.7 Å². The molecule has 0 atom stereocenters. The van der Waals surface area contributed by atoms with E-state index < -0.39 is 0 Å². The molecule has 0 unspecified atom stereocenters. The molecule has 5 heteroatoms. The van der Waals surface area contributed by atoms with Gasteiger partial charge in [0.2, 0.25) is 0 Å². The van der Waals surface area contributed by atoms with Crippen LogP contribution in [-0.2, 0) is 0 Å². The lowest BCUT2D eigenvalue weighted by Gasteiger charge is -2.22. The van der Waals surface area contributed by atoms with E-state index >= 15 is 0 Å². The molecule has 0 spiro atoms. The van der Waals surface area contributed by atoms with Crippen molar-refractivity contribution in [3.63, 3.8) is 0 Å². The molecule has 0 bridgehead atoms. The standard InChI is InChI=1S/C10H11N5/c1-2-9-10(12-6-5-11-9)7-3-4-13-15-14-8(1)7/h1-4,11-12H,5-6H2,(H,13,14). The number of nitrogens with zero attached hydrogens (tertiary/aromatic N) is 2. The Hall–Kier alpha value is -2.04. The lowest BCUT2D eigenvalue weighted by molar-refractivity contribution is 1.04. The molecule has 2 heterocycles. The van der Waals surface area contributed by atoms with Crippen LogP contribution in [0.5, 0.6) is 0 Å². The van der Waals surface area contributed by atoms with Gasteiger partial charge in [-0.2, -0.15) is 0 Å². The predicted molar refractivity (Wildman–Crippen MR) is 60.9 cm³/mol. The number of anilines is 3. The molecule has 0 fully saturated rings. The second-order valence-electron chi connectivity index (χ2n) is 3.45. The molecule has 2 aliphatic heterocycles. The van der Waals surface area contributed by atoms with Crippen molar-refractivity contribution in [1.29, 1.82) is 0 Å². The van der Waals surface area contributed by atoms with Gasteiger partial charge in [0.1, 0.15) is 0 Å². The van der Waals surface area contributed by atoms with E-state index in [1.54, 1.807) is 6.20 Å². The molecule has 0 aromatic heterocycles. The molecule has 15 heavy (non-hydrogen) atoms. The van der Waals surface area contributed by atoms with Gasteiger partial charge >= 0.3 is 0 Å². The Labute approximate surface area is 87.3 Å². The van der Waals surface area contributed by atoms with Crippen molar-refractivity contribution in [1.82, 2.24) is 0 Å². The maximum atomic E-state index is 3.82. The van der Waals surface area contributed by atoms with Crippen LogP contribution >= 0.6 is 0 Å². The third kappa shape index (κ3) is 1.32. The Morgan fingerprint density at radius 1 is 1.07 bits per heavy atom. The first-order chi connectivity index (χ1) is 7.45. The van der Waals surface area contributed by atoms with E-state index in [0.29, 0.717) is 0 Å². The van der Waals surface area contributed by atoms with E-state index in [1.807, 2.05) is 18.2 Å².